The van der Waals surface area contributed by atoms with Gasteiger partial charge in [0.25, 0.3) is 0 Å². The molecule has 0 fully saturated rings. The Morgan fingerprint density at radius 2 is 2.17 bits per heavy atom. The number of carboxylic acids is 1. The molecule has 4 nitrogen and oxygen atoms in total. The van der Waals surface area contributed by atoms with Crippen molar-refractivity contribution in [2.75, 3.05) is 0 Å². The Labute approximate surface area is 117 Å². The number of aliphatic carboxylic acids is 1. The van der Waals surface area contributed by atoms with Gasteiger partial charge in [0, 0.05) is 17.1 Å². The van der Waals surface area contributed by atoms with Crippen LogP contribution >= 0.6 is 27.5 Å². The Hall–Kier alpha value is -1.33. The molecule has 0 aliphatic carbocycles. The Morgan fingerprint density at radius 1 is 1.50 bits per heavy atom. The first kappa shape index (κ1) is 13.1. The molecule has 0 spiro atoms. The van der Waals surface area contributed by atoms with Crippen LogP contribution in [0.15, 0.2) is 28.7 Å². The van der Waals surface area contributed by atoms with Crippen molar-refractivity contribution in [3.05, 3.63) is 39.6 Å². The van der Waals surface area contributed by atoms with Crippen LogP contribution in [0.5, 0.6) is 0 Å². The first-order chi connectivity index (χ1) is 8.50. The van der Waals surface area contributed by atoms with Gasteiger partial charge in [0.1, 0.15) is 5.82 Å². The van der Waals surface area contributed by atoms with E-state index in [1.165, 1.54) is 0 Å². The molecule has 2 rings (SSSR count). The third-order valence-corrected chi connectivity index (χ3v) is 3.59. The molecule has 94 valence electrons. The maximum atomic E-state index is 10.8. The number of carbonyl (C=O) groups is 1. The van der Waals surface area contributed by atoms with Crippen molar-refractivity contribution in [1.29, 1.82) is 0 Å². The SMILES string of the molecule is Cn1c(-c2ccccc2Br)nc(Cl)c1CC(=O)O. The van der Waals surface area contributed by atoms with E-state index >= 15 is 0 Å². The second-order valence-corrected chi connectivity index (χ2v) is 4.99. The van der Waals surface area contributed by atoms with Crippen LogP contribution in [0.4, 0.5) is 0 Å². The molecule has 6 heteroatoms. The third-order valence-electron chi connectivity index (χ3n) is 2.60. The summed E-state index contributed by atoms with van der Waals surface area (Å²) in [4.78, 5) is 15.0. The average molecular weight is 330 g/mol. The molecule has 0 saturated carbocycles. The summed E-state index contributed by atoms with van der Waals surface area (Å²) < 4.78 is 2.59. The summed E-state index contributed by atoms with van der Waals surface area (Å²) in [5, 5.41) is 9.07. The zero-order valence-corrected chi connectivity index (χ0v) is 11.9. The van der Waals surface area contributed by atoms with Crippen LogP contribution in [-0.2, 0) is 18.3 Å². The number of halogens is 2. The summed E-state index contributed by atoms with van der Waals surface area (Å²) in [6.07, 6.45) is -0.146. The highest BCUT2D eigenvalue weighted by Gasteiger charge is 2.17. The molecule has 1 heterocycles. The predicted octanol–water partition coefficient (Wildman–Crippen LogP) is 3.13. The van der Waals surface area contributed by atoms with Gasteiger partial charge in [-0.1, -0.05) is 45.7 Å². The van der Waals surface area contributed by atoms with Crippen molar-refractivity contribution in [2.24, 2.45) is 7.05 Å². The first-order valence-electron chi connectivity index (χ1n) is 5.18. The van der Waals surface area contributed by atoms with Crippen molar-refractivity contribution in [3.63, 3.8) is 0 Å². The Bertz CT molecular complexity index is 610. The lowest BCUT2D eigenvalue weighted by Gasteiger charge is -2.06. The molecule has 0 amide bonds. The minimum atomic E-state index is -0.932. The van der Waals surface area contributed by atoms with Crippen LogP contribution in [-0.4, -0.2) is 20.6 Å². The topological polar surface area (TPSA) is 55.1 Å². The fourth-order valence-corrected chi connectivity index (χ4v) is 2.45. The molecule has 18 heavy (non-hydrogen) atoms. The van der Waals surface area contributed by atoms with Gasteiger partial charge in [-0.3, -0.25) is 4.79 Å². The lowest BCUT2D eigenvalue weighted by atomic mass is 10.2. The molecule has 0 aliphatic heterocycles. The molecule has 0 unspecified atom stereocenters. The van der Waals surface area contributed by atoms with Gasteiger partial charge in [-0.25, -0.2) is 4.98 Å². The number of hydrogen-bond acceptors (Lipinski definition) is 2. The summed E-state index contributed by atoms with van der Waals surface area (Å²) in [6.45, 7) is 0. The fourth-order valence-electron chi connectivity index (χ4n) is 1.72. The highest BCUT2D eigenvalue weighted by atomic mass is 79.9. The number of aromatic nitrogens is 2. The molecule has 1 aromatic heterocycles. The largest absolute Gasteiger partial charge is 0.481 e. The van der Waals surface area contributed by atoms with Crippen molar-refractivity contribution in [2.45, 2.75) is 6.42 Å². The molecule has 2 aromatic rings. The highest BCUT2D eigenvalue weighted by Crippen LogP contribution is 2.30. The predicted molar refractivity (Wildman–Crippen MR) is 72.7 cm³/mol. The second kappa shape index (κ2) is 5.12. The van der Waals surface area contributed by atoms with E-state index in [2.05, 4.69) is 20.9 Å². The minimum Gasteiger partial charge on any atom is -0.481 e. The van der Waals surface area contributed by atoms with Gasteiger partial charge >= 0.3 is 5.97 Å². The van der Waals surface area contributed by atoms with Crippen molar-refractivity contribution >= 4 is 33.5 Å². The number of imidazole rings is 1. The van der Waals surface area contributed by atoms with E-state index in [1.807, 2.05) is 24.3 Å². The molecule has 0 radical (unpaired) electrons. The Morgan fingerprint density at radius 3 is 2.78 bits per heavy atom. The lowest BCUT2D eigenvalue weighted by Crippen LogP contribution is -2.06. The molecular weight excluding hydrogens is 320 g/mol. The van der Waals surface area contributed by atoms with E-state index in [0.29, 0.717) is 11.5 Å². The number of carboxylic acid groups (broad SMARTS) is 1. The second-order valence-electron chi connectivity index (χ2n) is 3.78. The van der Waals surface area contributed by atoms with E-state index in [0.717, 1.165) is 10.0 Å². The maximum Gasteiger partial charge on any atom is 0.309 e. The van der Waals surface area contributed by atoms with Gasteiger partial charge in [-0.2, -0.15) is 0 Å². The number of hydrogen-bond donors (Lipinski definition) is 1. The van der Waals surface area contributed by atoms with E-state index in [1.54, 1.807) is 11.6 Å². The molecule has 0 saturated heterocycles. The zero-order chi connectivity index (χ0) is 13.3. The highest BCUT2D eigenvalue weighted by molar-refractivity contribution is 9.10. The standard InChI is InChI=1S/C12H10BrClN2O2/c1-16-9(6-10(17)18)11(14)15-12(16)7-4-2-3-5-8(7)13/h2-5H,6H2,1H3,(H,17,18). The fraction of sp³-hybridized carbons (Fsp3) is 0.167. The smallest absolute Gasteiger partial charge is 0.309 e. The lowest BCUT2D eigenvalue weighted by molar-refractivity contribution is -0.136. The average Bonchev–Trinajstić information content (AvgIpc) is 2.57. The normalized spacial score (nSPS) is 10.6. The van der Waals surface area contributed by atoms with Gasteiger partial charge in [-0.05, 0) is 6.07 Å². The zero-order valence-electron chi connectivity index (χ0n) is 9.52. The van der Waals surface area contributed by atoms with Gasteiger partial charge in [0.05, 0.1) is 12.1 Å². The summed E-state index contributed by atoms with van der Waals surface area (Å²) in [5.41, 5.74) is 1.37. The third kappa shape index (κ3) is 2.42. The van der Waals surface area contributed by atoms with Crippen molar-refractivity contribution < 1.29 is 9.90 Å². The van der Waals surface area contributed by atoms with Gasteiger partial charge in [-0.15, -0.1) is 0 Å². The Balaban J connectivity index is 2.54. The van der Waals surface area contributed by atoms with Crippen molar-refractivity contribution in [1.82, 2.24) is 9.55 Å². The molecular formula is C12H10BrClN2O2. The van der Waals surface area contributed by atoms with Gasteiger partial charge in [0.15, 0.2) is 5.15 Å². The summed E-state index contributed by atoms with van der Waals surface area (Å²) in [6, 6.07) is 7.58. The summed E-state index contributed by atoms with van der Waals surface area (Å²) >= 11 is 9.43. The Kier molecular flexibility index (Phi) is 3.73. The van der Waals surface area contributed by atoms with Crippen LogP contribution in [0, 0.1) is 0 Å². The molecule has 1 N–H and O–H groups in total. The number of rotatable bonds is 3. The maximum absolute atomic E-state index is 10.8. The molecule has 0 bridgehead atoms. The number of benzene rings is 1. The quantitative estimate of drug-likeness (QED) is 0.941. The van der Waals surface area contributed by atoms with Crippen molar-refractivity contribution in [3.8, 4) is 11.4 Å². The van der Waals surface area contributed by atoms with Crippen LogP contribution in [0.3, 0.4) is 0 Å². The van der Waals surface area contributed by atoms with Gasteiger partial charge in [0.2, 0.25) is 0 Å². The summed E-state index contributed by atoms with van der Waals surface area (Å²) in [7, 11) is 1.76. The van der Waals surface area contributed by atoms with Crippen LogP contribution < -0.4 is 0 Å². The van der Waals surface area contributed by atoms with Crippen LogP contribution in [0.25, 0.3) is 11.4 Å². The van der Waals surface area contributed by atoms with E-state index in [4.69, 9.17) is 16.7 Å². The molecule has 0 atom stereocenters. The number of nitrogens with zero attached hydrogens (tertiary/aromatic N) is 2. The monoisotopic (exact) mass is 328 g/mol. The van der Waals surface area contributed by atoms with Crippen LogP contribution in [0.2, 0.25) is 5.15 Å². The van der Waals surface area contributed by atoms with Gasteiger partial charge < -0.3 is 9.67 Å². The first-order valence-corrected chi connectivity index (χ1v) is 6.35. The molecule has 0 aliphatic rings. The summed E-state index contributed by atoms with van der Waals surface area (Å²) in [5.74, 6) is -0.290. The van der Waals surface area contributed by atoms with Crippen LogP contribution in [0.1, 0.15) is 5.69 Å². The van der Waals surface area contributed by atoms with E-state index in [-0.39, 0.29) is 11.6 Å². The van der Waals surface area contributed by atoms with E-state index < -0.39 is 5.97 Å². The van der Waals surface area contributed by atoms with E-state index in [9.17, 15) is 4.79 Å². The minimum absolute atomic E-state index is 0.146. The molecule has 1 aromatic carbocycles.